The van der Waals surface area contributed by atoms with Gasteiger partial charge >= 0.3 is 0 Å². The number of ether oxygens (including phenoxy) is 1. The lowest BCUT2D eigenvalue weighted by Gasteiger charge is -2.41. The van der Waals surface area contributed by atoms with Crippen molar-refractivity contribution in [1.29, 1.82) is 0 Å². The van der Waals surface area contributed by atoms with Crippen molar-refractivity contribution < 1.29 is 9.53 Å². The van der Waals surface area contributed by atoms with E-state index in [4.69, 9.17) is 9.72 Å². The number of hydrogen-bond acceptors (Lipinski definition) is 7. The number of benzene rings is 2. The molecule has 1 aliphatic carbocycles. The van der Waals surface area contributed by atoms with Crippen molar-refractivity contribution >= 4 is 42.1 Å². The summed E-state index contributed by atoms with van der Waals surface area (Å²) in [5.41, 5.74) is 5.08. The summed E-state index contributed by atoms with van der Waals surface area (Å²) >= 11 is 0. The number of nitrogens with one attached hydrogen (secondary N) is 2. The Kier molecular flexibility index (Phi) is 7.33. The number of carbonyl (C=O) groups excluding carboxylic acids is 1. The Morgan fingerprint density at radius 1 is 1.18 bits per heavy atom. The zero-order valence-electron chi connectivity index (χ0n) is 23.7. The summed E-state index contributed by atoms with van der Waals surface area (Å²) in [4.78, 5) is 20.3. The maximum absolute atomic E-state index is 12.7. The Balaban J connectivity index is 1.45. The summed E-state index contributed by atoms with van der Waals surface area (Å²) in [7, 11) is 5.82. The van der Waals surface area contributed by atoms with Gasteiger partial charge in [-0.15, -0.1) is 0 Å². The van der Waals surface area contributed by atoms with Crippen LogP contribution in [0.4, 0.5) is 11.9 Å². The second kappa shape index (κ2) is 10.7. The van der Waals surface area contributed by atoms with Crippen LogP contribution in [0.15, 0.2) is 36.4 Å². The molecule has 1 amide bonds. The molecule has 0 atom stereocenters. The number of imidazole rings is 1. The molecule has 1 aliphatic rings. The van der Waals surface area contributed by atoms with Crippen LogP contribution in [0.25, 0.3) is 11.0 Å². The zero-order valence-corrected chi connectivity index (χ0v) is 23.7. The molecule has 2 N–H and O–H groups in total. The number of amides is 1. The second-order valence-corrected chi connectivity index (χ2v) is 11.7. The van der Waals surface area contributed by atoms with Crippen molar-refractivity contribution in [1.82, 2.24) is 30.2 Å². The van der Waals surface area contributed by atoms with Crippen molar-refractivity contribution in [2.45, 2.75) is 59.0 Å². The van der Waals surface area contributed by atoms with E-state index < -0.39 is 0 Å². The van der Waals surface area contributed by atoms with E-state index >= 15 is 0 Å². The number of aromatic amines is 1. The molecule has 11 heteroatoms. The summed E-state index contributed by atoms with van der Waals surface area (Å²) in [5.74, 6) is 2.44. The monoisotopic (exact) mass is 528 g/mol. The van der Waals surface area contributed by atoms with Gasteiger partial charge in [-0.1, -0.05) is 43.5 Å². The van der Waals surface area contributed by atoms with Gasteiger partial charge in [0.15, 0.2) is 0 Å². The van der Waals surface area contributed by atoms with Gasteiger partial charge in [-0.05, 0) is 71.2 Å². The third-order valence-corrected chi connectivity index (χ3v) is 8.21. The van der Waals surface area contributed by atoms with Crippen LogP contribution in [0.5, 0.6) is 5.75 Å². The van der Waals surface area contributed by atoms with Crippen LogP contribution in [0.1, 0.15) is 62.4 Å². The Bertz CT molecular complexity index is 1450. The fourth-order valence-corrected chi connectivity index (χ4v) is 5.76. The summed E-state index contributed by atoms with van der Waals surface area (Å²) in [6.45, 7) is 7.77. The van der Waals surface area contributed by atoms with Crippen molar-refractivity contribution in [3.63, 3.8) is 0 Å². The number of nitrogens with zero attached hydrogens (tertiary/aromatic N) is 6. The lowest BCUT2D eigenvalue weighted by Crippen LogP contribution is -2.41. The molecule has 2 aromatic heterocycles. The van der Waals surface area contributed by atoms with Crippen LogP contribution in [0.2, 0.25) is 0 Å². The molecule has 0 unspecified atom stereocenters. The standard InChI is InChI=1S/C28H37BN8O2/c1-28(2,3)19-8-10-20(11-9-19)37(27-30-23-15-21(39-5)12-13-24(23)36(27)4)16-18-7-6-17(14-22(18)29)25(38)31-26-32-34-35-33-26/h6-7,12-15,19-20H,8-11,16,29H2,1-5H3,(H2,31,32,33,34,35,38). The van der Waals surface area contributed by atoms with E-state index in [0.717, 1.165) is 52.5 Å². The average molecular weight is 528 g/mol. The number of aryl methyl sites for hydroxylation is 1. The van der Waals surface area contributed by atoms with Crippen LogP contribution in [0.3, 0.4) is 0 Å². The number of aromatic nitrogens is 6. The summed E-state index contributed by atoms with van der Waals surface area (Å²) < 4.78 is 7.65. The van der Waals surface area contributed by atoms with Gasteiger partial charge in [0.2, 0.25) is 11.9 Å². The van der Waals surface area contributed by atoms with E-state index in [2.05, 4.69) is 77.1 Å². The molecule has 1 fully saturated rings. The zero-order chi connectivity index (χ0) is 27.7. The number of methoxy groups -OCH3 is 1. The van der Waals surface area contributed by atoms with Gasteiger partial charge in [0, 0.05) is 31.3 Å². The second-order valence-electron chi connectivity index (χ2n) is 11.7. The minimum absolute atomic E-state index is 0.220. The number of H-pyrrole nitrogens is 1. The molecule has 1 saturated carbocycles. The molecular formula is C28H37BN8O2. The van der Waals surface area contributed by atoms with Crippen molar-refractivity contribution in [2.24, 2.45) is 18.4 Å². The maximum atomic E-state index is 12.7. The van der Waals surface area contributed by atoms with Gasteiger partial charge in [0.25, 0.3) is 5.91 Å². The highest BCUT2D eigenvalue weighted by atomic mass is 16.5. The lowest BCUT2D eigenvalue weighted by molar-refractivity contribution is 0.102. The SMILES string of the molecule is Bc1cc(C(=O)Nc2nnn[nH]2)ccc1CN(c1nc2cc(OC)ccc2n1C)C1CCC(C(C)(C)C)CC1. The fourth-order valence-electron chi connectivity index (χ4n) is 5.76. The van der Waals surface area contributed by atoms with E-state index in [1.165, 1.54) is 12.8 Å². The molecule has 2 aromatic carbocycles. The molecule has 0 spiro atoms. The predicted octanol–water partition coefficient (Wildman–Crippen LogP) is 3.22. The number of rotatable bonds is 7. The molecule has 39 heavy (non-hydrogen) atoms. The van der Waals surface area contributed by atoms with Gasteiger partial charge in [-0.25, -0.2) is 10.1 Å². The molecule has 0 saturated heterocycles. The first-order valence-corrected chi connectivity index (χ1v) is 13.6. The third-order valence-electron chi connectivity index (χ3n) is 8.21. The van der Waals surface area contributed by atoms with E-state index in [1.54, 1.807) is 7.11 Å². The number of hydrogen-bond donors (Lipinski definition) is 2. The first-order valence-electron chi connectivity index (χ1n) is 13.6. The van der Waals surface area contributed by atoms with Crippen LogP contribution in [0, 0.1) is 11.3 Å². The highest BCUT2D eigenvalue weighted by molar-refractivity contribution is 6.34. The van der Waals surface area contributed by atoms with E-state index in [0.29, 0.717) is 23.6 Å². The van der Waals surface area contributed by atoms with Gasteiger partial charge in [-0.3, -0.25) is 10.1 Å². The Morgan fingerprint density at radius 2 is 1.95 bits per heavy atom. The quantitative estimate of drug-likeness (QED) is 0.354. The Morgan fingerprint density at radius 3 is 2.59 bits per heavy atom. The molecule has 2 heterocycles. The van der Waals surface area contributed by atoms with E-state index in [9.17, 15) is 4.79 Å². The van der Waals surface area contributed by atoms with Crippen molar-refractivity contribution in [3.05, 3.63) is 47.5 Å². The molecule has 204 valence electrons. The molecule has 0 aliphatic heterocycles. The largest absolute Gasteiger partial charge is 0.497 e. The molecule has 0 bridgehead atoms. The van der Waals surface area contributed by atoms with Crippen molar-refractivity contribution in [2.75, 3.05) is 17.3 Å². The molecule has 5 rings (SSSR count). The minimum atomic E-state index is -0.259. The van der Waals surface area contributed by atoms with Gasteiger partial charge in [0.05, 0.1) is 18.1 Å². The Hall–Kier alpha value is -3.89. The Labute approximate surface area is 229 Å². The molecule has 4 aromatic rings. The van der Waals surface area contributed by atoms with E-state index in [-0.39, 0.29) is 11.9 Å². The lowest BCUT2D eigenvalue weighted by atomic mass is 9.71. The maximum Gasteiger partial charge on any atom is 0.258 e. The highest BCUT2D eigenvalue weighted by Crippen LogP contribution is 2.40. The first-order chi connectivity index (χ1) is 18.6. The number of tetrazole rings is 1. The fraction of sp³-hybridized carbons (Fsp3) is 0.464. The van der Waals surface area contributed by atoms with Crippen molar-refractivity contribution in [3.8, 4) is 5.75 Å². The number of anilines is 2. The normalized spacial score (nSPS) is 17.8. The smallest absolute Gasteiger partial charge is 0.258 e. The summed E-state index contributed by atoms with van der Waals surface area (Å²) in [6, 6.07) is 12.2. The summed E-state index contributed by atoms with van der Waals surface area (Å²) in [5, 5.41) is 16.0. The van der Waals surface area contributed by atoms with E-state index in [1.807, 2.05) is 30.3 Å². The van der Waals surface area contributed by atoms with Gasteiger partial charge in [-0.2, -0.15) is 0 Å². The molecular weight excluding hydrogens is 491 g/mol. The van der Waals surface area contributed by atoms with Crippen LogP contribution >= 0.6 is 0 Å². The van der Waals surface area contributed by atoms with Crippen LogP contribution in [-0.2, 0) is 13.6 Å². The van der Waals surface area contributed by atoms with Gasteiger partial charge < -0.3 is 14.2 Å². The van der Waals surface area contributed by atoms with Gasteiger partial charge in [0.1, 0.15) is 13.6 Å². The third kappa shape index (κ3) is 5.62. The van der Waals surface area contributed by atoms with Crippen LogP contribution < -0.4 is 20.4 Å². The molecule has 10 nitrogen and oxygen atoms in total. The number of carbonyl (C=O) groups is 1. The topological polar surface area (TPSA) is 114 Å². The highest BCUT2D eigenvalue weighted by Gasteiger charge is 2.33. The number of fused-ring (bicyclic) bond motifs is 1. The summed E-state index contributed by atoms with van der Waals surface area (Å²) in [6.07, 6.45) is 4.66. The first kappa shape index (κ1) is 26.7. The average Bonchev–Trinajstić information content (AvgIpc) is 3.54. The molecule has 0 radical (unpaired) electrons. The van der Waals surface area contributed by atoms with Crippen LogP contribution in [-0.4, -0.2) is 57.1 Å². The minimum Gasteiger partial charge on any atom is -0.497 e. The predicted molar refractivity (Wildman–Crippen MR) is 155 cm³/mol.